The third-order valence-corrected chi connectivity index (χ3v) is 3.59. The van der Waals surface area contributed by atoms with E-state index in [0.717, 1.165) is 17.9 Å². The van der Waals surface area contributed by atoms with Gasteiger partial charge in [0.15, 0.2) is 0 Å². The van der Waals surface area contributed by atoms with E-state index in [0.29, 0.717) is 16.6 Å². The zero-order valence-electron chi connectivity index (χ0n) is 9.62. The number of halogens is 1. The Morgan fingerprint density at radius 1 is 1.40 bits per heavy atom. The lowest BCUT2D eigenvalue weighted by Gasteiger charge is -2.13. The maximum Gasteiger partial charge on any atom is 0.216 e. The van der Waals surface area contributed by atoms with Crippen LogP contribution in [0, 0.1) is 12.8 Å². The van der Waals surface area contributed by atoms with E-state index in [2.05, 4.69) is 39.7 Å². The molecular weight excluding hydrogens is 256 g/mol. The standard InChI is InChI=1S/C11H17BrN2O/c1-7(2)10(12)5-9-6-11(15-4)14-8(3)13-9/h6-7,10H,5H2,1-4H3. The number of aromatic nitrogens is 2. The molecule has 1 unspecified atom stereocenters. The average Bonchev–Trinajstić information content (AvgIpc) is 2.16. The van der Waals surface area contributed by atoms with E-state index in [4.69, 9.17) is 4.74 Å². The van der Waals surface area contributed by atoms with Crippen molar-refractivity contribution < 1.29 is 4.74 Å². The average molecular weight is 273 g/mol. The second kappa shape index (κ2) is 5.45. The molecule has 0 aromatic carbocycles. The van der Waals surface area contributed by atoms with Gasteiger partial charge in [-0.15, -0.1) is 0 Å². The topological polar surface area (TPSA) is 35.0 Å². The van der Waals surface area contributed by atoms with Crippen molar-refractivity contribution in [2.45, 2.75) is 32.0 Å². The Balaban J connectivity index is 2.80. The molecule has 0 saturated heterocycles. The number of aryl methyl sites for hydroxylation is 1. The Labute approximate surface area is 99.4 Å². The zero-order valence-corrected chi connectivity index (χ0v) is 11.2. The molecular formula is C11H17BrN2O. The highest BCUT2D eigenvalue weighted by Crippen LogP contribution is 2.18. The van der Waals surface area contributed by atoms with E-state index in [-0.39, 0.29) is 0 Å². The van der Waals surface area contributed by atoms with Crippen molar-refractivity contribution in [1.29, 1.82) is 0 Å². The number of ether oxygens (including phenoxy) is 1. The highest BCUT2D eigenvalue weighted by molar-refractivity contribution is 9.09. The lowest BCUT2D eigenvalue weighted by atomic mass is 10.1. The molecule has 0 amide bonds. The Bertz CT molecular complexity index is 328. The van der Waals surface area contributed by atoms with Crippen molar-refractivity contribution in [3.63, 3.8) is 0 Å². The minimum absolute atomic E-state index is 0.441. The molecule has 4 heteroatoms. The molecule has 84 valence electrons. The van der Waals surface area contributed by atoms with Crippen LogP contribution < -0.4 is 4.74 Å². The first kappa shape index (κ1) is 12.4. The molecule has 1 atom stereocenters. The number of methoxy groups -OCH3 is 1. The predicted octanol–water partition coefficient (Wildman–Crippen LogP) is 2.76. The fourth-order valence-corrected chi connectivity index (χ4v) is 1.58. The summed E-state index contributed by atoms with van der Waals surface area (Å²) in [7, 11) is 1.62. The molecule has 15 heavy (non-hydrogen) atoms. The first-order valence-electron chi connectivity index (χ1n) is 5.05. The minimum atomic E-state index is 0.441. The first-order valence-corrected chi connectivity index (χ1v) is 5.97. The second-order valence-corrected chi connectivity index (χ2v) is 5.09. The fourth-order valence-electron chi connectivity index (χ4n) is 1.24. The van der Waals surface area contributed by atoms with Crippen molar-refractivity contribution in [3.8, 4) is 5.88 Å². The lowest BCUT2D eigenvalue weighted by molar-refractivity contribution is 0.394. The van der Waals surface area contributed by atoms with E-state index in [1.807, 2.05) is 13.0 Å². The molecule has 3 nitrogen and oxygen atoms in total. The summed E-state index contributed by atoms with van der Waals surface area (Å²) in [6.07, 6.45) is 0.900. The van der Waals surface area contributed by atoms with Gasteiger partial charge < -0.3 is 4.74 Å². The van der Waals surface area contributed by atoms with Crippen LogP contribution in [0.3, 0.4) is 0 Å². The van der Waals surface area contributed by atoms with E-state index in [1.165, 1.54) is 0 Å². The first-order chi connectivity index (χ1) is 7.02. The largest absolute Gasteiger partial charge is 0.481 e. The van der Waals surface area contributed by atoms with Crippen LogP contribution >= 0.6 is 15.9 Å². The van der Waals surface area contributed by atoms with Gasteiger partial charge in [0, 0.05) is 23.0 Å². The maximum absolute atomic E-state index is 5.11. The highest BCUT2D eigenvalue weighted by atomic mass is 79.9. The van der Waals surface area contributed by atoms with Gasteiger partial charge in [-0.1, -0.05) is 29.8 Å². The Hall–Kier alpha value is -0.640. The number of hydrogen-bond donors (Lipinski definition) is 0. The molecule has 0 fully saturated rings. The van der Waals surface area contributed by atoms with Crippen LogP contribution in [0.2, 0.25) is 0 Å². The monoisotopic (exact) mass is 272 g/mol. The Morgan fingerprint density at radius 3 is 2.60 bits per heavy atom. The summed E-state index contributed by atoms with van der Waals surface area (Å²) in [5.74, 6) is 1.99. The van der Waals surface area contributed by atoms with Gasteiger partial charge >= 0.3 is 0 Å². The quantitative estimate of drug-likeness (QED) is 0.791. The van der Waals surface area contributed by atoms with Gasteiger partial charge in [0.05, 0.1) is 7.11 Å². The van der Waals surface area contributed by atoms with Crippen molar-refractivity contribution >= 4 is 15.9 Å². The van der Waals surface area contributed by atoms with Crippen LogP contribution in [0.25, 0.3) is 0 Å². The zero-order chi connectivity index (χ0) is 11.4. The molecule has 0 N–H and O–H groups in total. The van der Waals surface area contributed by atoms with Gasteiger partial charge in [-0.3, -0.25) is 0 Å². The summed E-state index contributed by atoms with van der Waals surface area (Å²) in [4.78, 5) is 8.98. The molecule has 0 saturated carbocycles. The van der Waals surface area contributed by atoms with Crippen LogP contribution in [0.5, 0.6) is 5.88 Å². The van der Waals surface area contributed by atoms with Crippen LogP contribution in [0.1, 0.15) is 25.4 Å². The number of hydrogen-bond acceptors (Lipinski definition) is 3. The normalized spacial score (nSPS) is 12.9. The van der Waals surface area contributed by atoms with E-state index < -0.39 is 0 Å². The van der Waals surface area contributed by atoms with Crippen LogP contribution in [0.15, 0.2) is 6.07 Å². The van der Waals surface area contributed by atoms with Crippen molar-refractivity contribution in [1.82, 2.24) is 9.97 Å². The van der Waals surface area contributed by atoms with Crippen LogP contribution in [0.4, 0.5) is 0 Å². The smallest absolute Gasteiger partial charge is 0.216 e. The summed E-state index contributed by atoms with van der Waals surface area (Å²) in [6, 6.07) is 1.89. The van der Waals surface area contributed by atoms with Crippen molar-refractivity contribution in [2.24, 2.45) is 5.92 Å². The number of nitrogens with zero attached hydrogens (tertiary/aromatic N) is 2. The highest BCUT2D eigenvalue weighted by Gasteiger charge is 2.12. The van der Waals surface area contributed by atoms with Crippen LogP contribution in [-0.2, 0) is 6.42 Å². The summed E-state index contributed by atoms with van der Waals surface area (Å²) < 4.78 is 5.11. The minimum Gasteiger partial charge on any atom is -0.481 e. The summed E-state index contributed by atoms with van der Waals surface area (Å²) in [5.41, 5.74) is 1.02. The molecule has 1 aromatic heterocycles. The predicted molar refractivity (Wildman–Crippen MR) is 64.6 cm³/mol. The molecule has 0 aliphatic heterocycles. The van der Waals surface area contributed by atoms with Gasteiger partial charge in [-0.05, 0) is 12.8 Å². The van der Waals surface area contributed by atoms with E-state index in [9.17, 15) is 0 Å². The van der Waals surface area contributed by atoms with E-state index >= 15 is 0 Å². The van der Waals surface area contributed by atoms with Gasteiger partial charge in [0.25, 0.3) is 0 Å². The second-order valence-electron chi connectivity index (χ2n) is 3.91. The number of alkyl halides is 1. The number of rotatable bonds is 4. The van der Waals surface area contributed by atoms with Crippen molar-refractivity contribution in [2.75, 3.05) is 7.11 Å². The van der Waals surface area contributed by atoms with Gasteiger partial charge in [-0.2, -0.15) is 4.98 Å². The molecule has 0 aliphatic carbocycles. The fraction of sp³-hybridized carbons (Fsp3) is 0.636. The third kappa shape index (κ3) is 3.78. The van der Waals surface area contributed by atoms with Gasteiger partial charge in [0.2, 0.25) is 5.88 Å². The summed E-state index contributed by atoms with van der Waals surface area (Å²) >= 11 is 3.65. The molecule has 0 radical (unpaired) electrons. The summed E-state index contributed by atoms with van der Waals surface area (Å²) in [5, 5.41) is 0. The van der Waals surface area contributed by atoms with E-state index in [1.54, 1.807) is 7.11 Å². The molecule has 1 rings (SSSR count). The SMILES string of the molecule is COc1cc(CC(Br)C(C)C)nc(C)n1. The molecule has 0 bridgehead atoms. The maximum atomic E-state index is 5.11. The molecule has 0 aliphatic rings. The molecule has 0 spiro atoms. The lowest BCUT2D eigenvalue weighted by Crippen LogP contribution is -2.12. The third-order valence-electron chi connectivity index (χ3n) is 2.20. The summed E-state index contributed by atoms with van der Waals surface area (Å²) in [6.45, 7) is 6.25. The Morgan fingerprint density at radius 2 is 2.07 bits per heavy atom. The van der Waals surface area contributed by atoms with Crippen molar-refractivity contribution in [3.05, 3.63) is 17.6 Å². The van der Waals surface area contributed by atoms with Crippen LogP contribution in [-0.4, -0.2) is 21.9 Å². The Kier molecular flexibility index (Phi) is 4.51. The van der Waals surface area contributed by atoms with Gasteiger partial charge in [0.1, 0.15) is 5.82 Å². The molecule has 1 aromatic rings. The van der Waals surface area contributed by atoms with Gasteiger partial charge in [-0.25, -0.2) is 4.98 Å². The molecule has 1 heterocycles.